The van der Waals surface area contributed by atoms with Crippen LogP contribution in [0.3, 0.4) is 0 Å². The fourth-order valence-corrected chi connectivity index (χ4v) is 4.19. The Bertz CT molecular complexity index is 871. The maximum Gasteiger partial charge on any atom is 0.161 e. The minimum absolute atomic E-state index is 0.107. The lowest BCUT2D eigenvalue weighted by Crippen LogP contribution is -2.32. The number of hydrogen-bond acceptors (Lipinski definition) is 4. The van der Waals surface area contributed by atoms with Crippen LogP contribution < -0.4 is 14.8 Å². The number of methoxy groups -OCH3 is 2. The molecule has 0 bridgehead atoms. The number of para-hydroxylation sites is 1. The smallest absolute Gasteiger partial charge is 0.161 e. The van der Waals surface area contributed by atoms with Crippen molar-refractivity contribution >= 4 is 23.0 Å². The molecule has 1 heterocycles. The highest BCUT2D eigenvalue weighted by molar-refractivity contribution is 7.99. The first-order valence-corrected chi connectivity index (χ1v) is 10.2. The summed E-state index contributed by atoms with van der Waals surface area (Å²) in [4.78, 5) is 0. The summed E-state index contributed by atoms with van der Waals surface area (Å²) >= 11 is 1.89. The van der Waals surface area contributed by atoms with Crippen LogP contribution in [0.1, 0.15) is 19.4 Å². The molecular formula is C23H27NO2S. The van der Waals surface area contributed by atoms with Crippen LogP contribution >= 0.6 is 11.8 Å². The van der Waals surface area contributed by atoms with E-state index in [1.165, 1.54) is 22.4 Å². The number of thioether (sulfide) groups is 1. The minimum Gasteiger partial charge on any atom is -0.493 e. The third kappa shape index (κ3) is 4.16. The first-order valence-electron chi connectivity index (χ1n) is 9.03. The van der Waals surface area contributed by atoms with Crippen molar-refractivity contribution in [2.75, 3.05) is 31.0 Å². The molecule has 0 spiro atoms. The Morgan fingerprint density at radius 1 is 1.07 bits per heavy atom. The number of nitrogens with one attached hydrogen (secondary N) is 1. The zero-order valence-corrected chi connectivity index (χ0v) is 17.3. The van der Waals surface area contributed by atoms with E-state index in [0.29, 0.717) is 0 Å². The lowest BCUT2D eigenvalue weighted by atomic mass is 9.88. The van der Waals surface area contributed by atoms with Gasteiger partial charge in [0.1, 0.15) is 0 Å². The molecule has 142 valence electrons. The van der Waals surface area contributed by atoms with Gasteiger partial charge >= 0.3 is 0 Å². The maximum atomic E-state index is 5.50. The second-order valence-corrected chi connectivity index (χ2v) is 8.15. The highest BCUT2D eigenvalue weighted by Gasteiger charge is 2.26. The highest BCUT2D eigenvalue weighted by Crippen LogP contribution is 2.43. The van der Waals surface area contributed by atoms with Gasteiger partial charge in [0.05, 0.1) is 25.4 Å². The van der Waals surface area contributed by atoms with Crippen molar-refractivity contribution in [2.24, 2.45) is 0 Å². The van der Waals surface area contributed by atoms with Crippen molar-refractivity contribution in [2.45, 2.75) is 19.4 Å². The average Bonchev–Trinajstić information content (AvgIpc) is 2.66. The predicted octanol–water partition coefficient (Wildman–Crippen LogP) is 5.88. The second-order valence-electron chi connectivity index (χ2n) is 7.12. The Morgan fingerprint density at radius 2 is 1.81 bits per heavy atom. The zero-order chi connectivity index (χ0) is 19.4. The second kappa shape index (κ2) is 8.13. The third-order valence-corrected chi connectivity index (χ3v) is 5.57. The molecule has 0 fully saturated rings. The molecule has 1 N–H and O–H groups in total. The summed E-state index contributed by atoms with van der Waals surface area (Å²) in [6.45, 7) is 8.24. The fourth-order valence-electron chi connectivity index (χ4n) is 3.44. The Hall–Kier alpha value is -2.33. The Balaban J connectivity index is 2.07. The molecule has 27 heavy (non-hydrogen) atoms. The van der Waals surface area contributed by atoms with Crippen LogP contribution in [0.5, 0.6) is 11.5 Å². The molecule has 3 rings (SSSR count). The molecule has 0 radical (unpaired) electrons. The predicted molar refractivity (Wildman–Crippen MR) is 118 cm³/mol. The highest BCUT2D eigenvalue weighted by atomic mass is 32.2. The molecular weight excluding hydrogens is 354 g/mol. The molecule has 0 amide bonds. The van der Waals surface area contributed by atoms with Crippen LogP contribution in [0.2, 0.25) is 0 Å². The van der Waals surface area contributed by atoms with E-state index in [1.54, 1.807) is 14.2 Å². The van der Waals surface area contributed by atoms with E-state index in [2.05, 4.69) is 56.1 Å². The molecule has 4 heteroatoms. The van der Waals surface area contributed by atoms with Crippen molar-refractivity contribution in [3.63, 3.8) is 0 Å². The summed E-state index contributed by atoms with van der Waals surface area (Å²) in [5.74, 6) is 3.40. The number of hydrogen-bond donors (Lipinski definition) is 1. The third-order valence-electron chi connectivity index (χ3n) is 4.58. The number of fused-ring (bicyclic) bond motifs is 1. The molecule has 0 aromatic heterocycles. The van der Waals surface area contributed by atoms with Gasteiger partial charge in [-0.3, -0.25) is 0 Å². The monoisotopic (exact) mass is 381 g/mol. The van der Waals surface area contributed by atoms with Crippen molar-refractivity contribution in [1.82, 2.24) is 0 Å². The maximum absolute atomic E-state index is 5.50. The Morgan fingerprint density at radius 3 is 2.52 bits per heavy atom. The van der Waals surface area contributed by atoms with Gasteiger partial charge in [0.2, 0.25) is 0 Å². The topological polar surface area (TPSA) is 30.5 Å². The van der Waals surface area contributed by atoms with E-state index < -0.39 is 0 Å². The van der Waals surface area contributed by atoms with E-state index in [1.807, 2.05) is 30.0 Å². The van der Waals surface area contributed by atoms with E-state index in [9.17, 15) is 0 Å². The molecule has 0 aliphatic carbocycles. The van der Waals surface area contributed by atoms with Gasteiger partial charge in [0.15, 0.2) is 11.5 Å². The van der Waals surface area contributed by atoms with E-state index in [4.69, 9.17) is 9.47 Å². The normalized spacial score (nSPS) is 14.6. The van der Waals surface area contributed by atoms with Gasteiger partial charge in [-0.25, -0.2) is 0 Å². The van der Waals surface area contributed by atoms with Gasteiger partial charge in [0.25, 0.3) is 0 Å². The summed E-state index contributed by atoms with van der Waals surface area (Å²) < 4.78 is 10.9. The summed E-state index contributed by atoms with van der Waals surface area (Å²) in [5.41, 5.74) is 5.96. The van der Waals surface area contributed by atoms with Crippen LogP contribution in [0, 0.1) is 0 Å². The van der Waals surface area contributed by atoms with E-state index in [-0.39, 0.29) is 5.54 Å². The van der Waals surface area contributed by atoms with Crippen LogP contribution in [0.4, 0.5) is 5.69 Å². The summed E-state index contributed by atoms with van der Waals surface area (Å²) in [6.07, 6.45) is 4.29. The molecule has 0 saturated heterocycles. The summed E-state index contributed by atoms with van der Waals surface area (Å²) in [7, 11) is 3.32. The van der Waals surface area contributed by atoms with E-state index in [0.717, 1.165) is 28.6 Å². The molecule has 2 aromatic carbocycles. The SMILES string of the molecule is C=CCSCC1=CC(C)(C)Nc2c1cccc2-c1ccc(OC)c(OC)c1. The van der Waals surface area contributed by atoms with Crippen molar-refractivity contribution < 1.29 is 9.47 Å². The minimum atomic E-state index is -0.107. The molecule has 2 aromatic rings. The van der Waals surface area contributed by atoms with Crippen LogP contribution in [-0.2, 0) is 0 Å². The molecule has 0 saturated carbocycles. The van der Waals surface area contributed by atoms with Crippen LogP contribution in [-0.4, -0.2) is 31.3 Å². The summed E-state index contributed by atoms with van der Waals surface area (Å²) in [6, 6.07) is 12.5. The molecule has 1 aliphatic rings. The average molecular weight is 382 g/mol. The lowest BCUT2D eigenvalue weighted by molar-refractivity contribution is 0.355. The molecule has 0 atom stereocenters. The largest absolute Gasteiger partial charge is 0.493 e. The van der Waals surface area contributed by atoms with Crippen LogP contribution in [0.25, 0.3) is 16.7 Å². The summed E-state index contributed by atoms with van der Waals surface area (Å²) in [5, 5.41) is 3.71. The van der Waals surface area contributed by atoms with Gasteiger partial charge < -0.3 is 14.8 Å². The fraction of sp³-hybridized carbons (Fsp3) is 0.304. The number of ether oxygens (including phenoxy) is 2. The molecule has 3 nitrogen and oxygen atoms in total. The van der Waals surface area contributed by atoms with Crippen molar-refractivity contribution in [1.29, 1.82) is 0 Å². The van der Waals surface area contributed by atoms with Crippen molar-refractivity contribution in [3.05, 3.63) is 60.7 Å². The van der Waals surface area contributed by atoms with Crippen LogP contribution in [0.15, 0.2) is 55.1 Å². The van der Waals surface area contributed by atoms with Crippen molar-refractivity contribution in [3.8, 4) is 22.6 Å². The number of anilines is 1. The quantitative estimate of drug-likeness (QED) is 0.479. The van der Waals surface area contributed by atoms with E-state index >= 15 is 0 Å². The van der Waals surface area contributed by atoms with Gasteiger partial charge in [-0.2, -0.15) is 11.8 Å². The molecule has 0 unspecified atom stereocenters. The lowest BCUT2D eigenvalue weighted by Gasteiger charge is -2.34. The zero-order valence-electron chi connectivity index (χ0n) is 16.5. The van der Waals surface area contributed by atoms with Gasteiger partial charge in [-0.15, -0.1) is 6.58 Å². The Kier molecular flexibility index (Phi) is 5.85. The standard InChI is InChI=1S/C23H27NO2S/c1-6-12-27-15-17-14-23(2,3)24-22-18(8-7-9-19(17)22)16-10-11-20(25-4)21(13-16)26-5/h6-11,13-14,24H,1,12,15H2,2-5H3. The van der Waals surface area contributed by atoms with Gasteiger partial charge in [-0.1, -0.05) is 36.4 Å². The molecule has 1 aliphatic heterocycles. The van der Waals surface area contributed by atoms with Gasteiger partial charge in [0, 0.05) is 22.6 Å². The first-order chi connectivity index (χ1) is 13.0. The number of rotatable bonds is 7. The first kappa shape index (κ1) is 19.4. The Labute approximate surface area is 166 Å². The number of benzene rings is 2. The van der Waals surface area contributed by atoms with Gasteiger partial charge in [-0.05, 0) is 37.1 Å².